The standard InChI is InChI=1S/C21H21Cl3N2O2/c1-3-25(4-2)9-10-26-19(13-5-8-17(23)18(24)11-13)16-12-14(22)6-7-15(16)20(26)21(27)28/h5-8,11-12H,3-4,9-10H2,1-2H3,(H,27,28). The monoisotopic (exact) mass is 438 g/mol. The molecule has 4 nitrogen and oxygen atoms in total. The van der Waals surface area contributed by atoms with Gasteiger partial charge in [0.15, 0.2) is 0 Å². The number of halogens is 3. The van der Waals surface area contributed by atoms with Crippen LogP contribution in [0.3, 0.4) is 0 Å². The van der Waals surface area contributed by atoms with Crippen LogP contribution in [-0.2, 0) is 6.54 Å². The van der Waals surface area contributed by atoms with Gasteiger partial charge in [0.05, 0.1) is 15.7 Å². The Balaban J connectivity index is 2.28. The number of carbonyl (C=O) groups is 1. The van der Waals surface area contributed by atoms with E-state index in [1.54, 1.807) is 30.3 Å². The van der Waals surface area contributed by atoms with Gasteiger partial charge in [0.2, 0.25) is 0 Å². The minimum absolute atomic E-state index is 0.250. The van der Waals surface area contributed by atoms with Crippen LogP contribution in [0, 0.1) is 0 Å². The van der Waals surface area contributed by atoms with E-state index >= 15 is 0 Å². The number of likely N-dealkylation sites (N-methyl/N-ethyl adjacent to an activating group) is 1. The van der Waals surface area contributed by atoms with E-state index < -0.39 is 5.97 Å². The third kappa shape index (κ3) is 4.01. The third-order valence-corrected chi connectivity index (χ3v) is 5.94. The van der Waals surface area contributed by atoms with E-state index in [4.69, 9.17) is 34.8 Å². The predicted molar refractivity (Wildman–Crippen MR) is 117 cm³/mol. The number of hydrogen-bond donors (Lipinski definition) is 1. The normalized spacial score (nSPS) is 11.5. The summed E-state index contributed by atoms with van der Waals surface area (Å²) in [5, 5.41) is 12.8. The summed E-state index contributed by atoms with van der Waals surface area (Å²) in [6.07, 6.45) is 0. The molecule has 0 aliphatic carbocycles. The van der Waals surface area contributed by atoms with Crippen LogP contribution >= 0.6 is 34.8 Å². The Kier molecular flexibility index (Phi) is 6.56. The largest absolute Gasteiger partial charge is 0.477 e. The Hall–Kier alpha value is -1.72. The van der Waals surface area contributed by atoms with E-state index in [0.717, 1.165) is 36.3 Å². The van der Waals surface area contributed by atoms with Crippen LogP contribution in [0.4, 0.5) is 0 Å². The minimum Gasteiger partial charge on any atom is -0.477 e. The molecule has 0 saturated heterocycles. The van der Waals surface area contributed by atoms with Crippen molar-refractivity contribution in [3.05, 3.63) is 57.2 Å². The molecule has 2 aromatic carbocycles. The molecule has 1 heterocycles. The molecular weight excluding hydrogens is 419 g/mol. The summed E-state index contributed by atoms with van der Waals surface area (Å²) in [5.41, 5.74) is 1.83. The van der Waals surface area contributed by atoms with Crippen LogP contribution in [0.5, 0.6) is 0 Å². The highest BCUT2D eigenvalue weighted by molar-refractivity contribution is 6.42. The number of aromatic carboxylic acids is 1. The average Bonchev–Trinajstić information content (AvgIpc) is 2.98. The van der Waals surface area contributed by atoms with Gasteiger partial charge < -0.3 is 14.6 Å². The second-order valence-corrected chi connectivity index (χ2v) is 7.75. The highest BCUT2D eigenvalue weighted by Crippen LogP contribution is 2.38. The van der Waals surface area contributed by atoms with Gasteiger partial charge in [0.25, 0.3) is 0 Å². The van der Waals surface area contributed by atoms with Gasteiger partial charge >= 0.3 is 5.97 Å². The molecule has 0 fully saturated rings. The van der Waals surface area contributed by atoms with E-state index in [1.807, 2.05) is 10.6 Å². The summed E-state index contributed by atoms with van der Waals surface area (Å²) in [4.78, 5) is 14.4. The Morgan fingerprint density at radius 1 is 1.00 bits per heavy atom. The van der Waals surface area contributed by atoms with Gasteiger partial charge in [-0.25, -0.2) is 4.79 Å². The lowest BCUT2D eigenvalue weighted by molar-refractivity contribution is 0.0687. The molecule has 0 radical (unpaired) electrons. The van der Waals surface area contributed by atoms with Crippen LogP contribution in [0.25, 0.3) is 22.0 Å². The van der Waals surface area contributed by atoms with E-state index in [1.165, 1.54) is 0 Å². The first-order chi connectivity index (χ1) is 13.4. The molecule has 0 amide bonds. The topological polar surface area (TPSA) is 45.5 Å². The van der Waals surface area contributed by atoms with Crippen LogP contribution in [0.1, 0.15) is 24.3 Å². The average molecular weight is 440 g/mol. The second kappa shape index (κ2) is 8.75. The number of fused-ring (bicyclic) bond motifs is 1. The number of benzene rings is 2. The quantitative estimate of drug-likeness (QED) is 0.469. The first kappa shape index (κ1) is 21.0. The maximum absolute atomic E-state index is 12.2. The third-order valence-electron chi connectivity index (χ3n) is 4.96. The van der Waals surface area contributed by atoms with Gasteiger partial charge in [-0.2, -0.15) is 0 Å². The van der Waals surface area contributed by atoms with Crippen LogP contribution in [0.2, 0.25) is 15.1 Å². The van der Waals surface area contributed by atoms with E-state index in [0.29, 0.717) is 27.0 Å². The molecule has 0 saturated carbocycles. The van der Waals surface area contributed by atoms with Crippen molar-refractivity contribution < 1.29 is 9.90 Å². The summed E-state index contributed by atoms with van der Waals surface area (Å²) < 4.78 is 1.85. The van der Waals surface area contributed by atoms with E-state index in [2.05, 4.69) is 18.7 Å². The van der Waals surface area contributed by atoms with Crippen molar-refractivity contribution in [2.75, 3.05) is 19.6 Å². The maximum atomic E-state index is 12.2. The van der Waals surface area contributed by atoms with Crippen LogP contribution in [0.15, 0.2) is 36.4 Å². The maximum Gasteiger partial charge on any atom is 0.353 e. The molecule has 0 atom stereocenters. The molecule has 0 unspecified atom stereocenters. The molecule has 0 aliphatic heterocycles. The summed E-state index contributed by atoms with van der Waals surface area (Å²) in [7, 11) is 0. The summed E-state index contributed by atoms with van der Waals surface area (Å²) in [6.45, 7) is 7.24. The van der Waals surface area contributed by atoms with Gasteiger partial charge in [0, 0.05) is 34.4 Å². The zero-order chi connectivity index (χ0) is 20.4. The molecule has 148 valence electrons. The fourth-order valence-electron chi connectivity index (χ4n) is 3.51. The highest BCUT2D eigenvalue weighted by atomic mass is 35.5. The van der Waals surface area contributed by atoms with Crippen molar-refractivity contribution in [2.24, 2.45) is 0 Å². The Morgan fingerprint density at radius 3 is 2.32 bits per heavy atom. The van der Waals surface area contributed by atoms with Gasteiger partial charge in [0.1, 0.15) is 5.69 Å². The van der Waals surface area contributed by atoms with Crippen molar-refractivity contribution in [2.45, 2.75) is 20.4 Å². The minimum atomic E-state index is -0.974. The second-order valence-electron chi connectivity index (χ2n) is 6.50. The molecule has 1 aromatic heterocycles. The van der Waals surface area contributed by atoms with Crippen LogP contribution in [-0.4, -0.2) is 40.2 Å². The molecule has 28 heavy (non-hydrogen) atoms. The number of aromatic nitrogens is 1. The summed E-state index contributed by atoms with van der Waals surface area (Å²) in [5.74, 6) is -0.974. The number of nitrogens with zero attached hydrogens (tertiary/aromatic N) is 2. The Morgan fingerprint density at radius 2 is 1.71 bits per heavy atom. The van der Waals surface area contributed by atoms with Gasteiger partial charge in [-0.1, -0.05) is 60.8 Å². The zero-order valence-corrected chi connectivity index (χ0v) is 17.9. The van der Waals surface area contributed by atoms with Crippen molar-refractivity contribution in [3.8, 4) is 11.3 Å². The highest BCUT2D eigenvalue weighted by Gasteiger charge is 2.23. The Bertz CT molecular complexity index is 1030. The zero-order valence-electron chi connectivity index (χ0n) is 15.7. The van der Waals surface area contributed by atoms with Crippen molar-refractivity contribution in [1.29, 1.82) is 0 Å². The molecule has 1 N–H and O–H groups in total. The fraction of sp³-hybridized carbons (Fsp3) is 0.286. The molecule has 0 aliphatic rings. The molecular formula is C21H21Cl3N2O2. The first-order valence-electron chi connectivity index (χ1n) is 9.10. The molecule has 0 spiro atoms. The number of carboxylic acid groups (broad SMARTS) is 1. The predicted octanol–water partition coefficient (Wildman–Crippen LogP) is 6.31. The number of carboxylic acids is 1. The van der Waals surface area contributed by atoms with Gasteiger partial charge in [-0.3, -0.25) is 0 Å². The Labute approximate surface area is 179 Å². The van der Waals surface area contributed by atoms with Crippen LogP contribution < -0.4 is 0 Å². The lowest BCUT2D eigenvalue weighted by atomic mass is 10.1. The van der Waals surface area contributed by atoms with E-state index in [9.17, 15) is 9.90 Å². The molecule has 3 rings (SSSR count). The molecule has 0 bridgehead atoms. The lowest BCUT2D eigenvalue weighted by Crippen LogP contribution is -2.28. The van der Waals surface area contributed by atoms with Crippen molar-refractivity contribution >= 4 is 51.5 Å². The number of rotatable bonds is 7. The van der Waals surface area contributed by atoms with E-state index in [-0.39, 0.29) is 5.69 Å². The first-order valence-corrected chi connectivity index (χ1v) is 10.2. The smallest absolute Gasteiger partial charge is 0.353 e. The summed E-state index contributed by atoms with van der Waals surface area (Å²) >= 11 is 18.6. The molecule has 3 aromatic rings. The lowest BCUT2D eigenvalue weighted by Gasteiger charge is -2.20. The van der Waals surface area contributed by atoms with Gasteiger partial charge in [-0.05, 0) is 37.4 Å². The summed E-state index contributed by atoms with van der Waals surface area (Å²) in [6, 6.07) is 10.6. The van der Waals surface area contributed by atoms with Crippen molar-refractivity contribution in [1.82, 2.24) is 9.47 Å². The SMILES string of the molecule is CCN(CC)CCn1c(C(=O)O)c2ccc(Cl)cc2c1-c1ccc(Cl)c(Cl)c1. The fourth-order valence-corrected chi connectivity index (χ4v) is 3.98. The van der Waals surface area contributed by atoms with Crippen molar-refractivity contribution in [3.63, 3.8) is 0 Å². The molecule has 7 heteroatoms. The number of hydrogen-bond acceptors (Lipinski definition) is 2. The van der Waals surface area contributed by atoms with Gasteiger partial charge in [-0.15, -0.1) is 0 Å².